The molecule has 0 unspecified atom stereocenters. The van der Waals surface area contributed by atoms with Gasteiger partial charge < -0.3 is 5.32 Å². The Morgan fingerprint density at radius 2 is 1.94 bits per heavy atom. The van der Waals surface area contributed by atoms with Crippen molar-refractivity contribution in [1.82, 2.24) is 5.32 Å². The highest BCUT2D eigenvalue weighted by Crippen LogP contribution is 2.25. The lowest BCUT2D eigenvalue weighted by molar-refractivity contribution is 0.0956. The molecule has 1 N–H and O–H groups in total. The second kappa shape index (κ2) is 6.60. The lowest BCUT2D eigenvalue weighted by Gasteiger charge is -2.22. The number of nitrogens with one attached hydrogen (secondary N) is 1. The lowest BCUT2D eigenvalue weighted by Crippen LogP contribution is -2.27. The fourth-order valence-electron chi connectivity index (χ4n) is 1.73. The van der Waals surface area contributed by atoms with Crippen molar-refractivity contribution < 1.29 is 4.79 Å². The Bertz CT molecular complexity index is 432. The summed E-state index contributed by atoms with van der Waals surface area (Å²) in [5.74, 6) is 0.425. The minimum Gasteiger partial charge on any atom is -0.349 e. The predicted octanol–water partition coefficient (Wildman–Crippen LogP) is 3.51. The van der Waals surface area contributed by atoms with Gasteiger partial charge in [0.25, 0.3) is 5.91 Å². The fourth-order valence-corrected chi connectivity index (χ4v) is 1.85. The maximum atomic E-state index is 12.1. The number of carbonyl (C=O) groups is 1. The summed E-state index contributed by atoms with van der Waals surface area (Å²) in [6.45, 7) is 6.82. The highest BCUT2D eigenvalue weighted by Gasteiger charge is 2.20. The van der Waals surface area contributed by atoms with Crippen LogP contribution in [0.25, 0.3) is 0 Å². The maximum absolute atomic E-state index is 12.1. The number of carbonyl (C=O) groups excluding carboxylic acids is 1. The summed E-state index contributed by atoms with van der Waals surface area (Å²) in [7, 11) is 0. The van der Waals surface area contributed by atoms with Crippen LogP contribution < -0.4 is 5.32 Å². The van der Waals surface area contributed by atoms with Crippen molar-refractivity contribution in [3.63, 3.8) is 0 Å². The zero-order valence-electron chi connectivity index (χ0n) is 11.2. The maximum Gasteiger partial charge on any atom is 0.251 e. The van der Waals surface area contributed by atoms with Crippen molar-refractivity contribution in [3.05, 3.63) is 47.5 Å². The van der Waals surface area contributed by atoms with Crippen molar-refractivity contribution >= 4 is 17.5 Å². The molecule has 0 saturated heterocycles. The summed E-state index contributed by atoms with van der Waals surface area (Å²) in [5.41, 5.74) is 1.76. The van der Waals surface area contributed by atoms with Gasteiger partial charge in [0, 0.05) is 18.0 Å². The van der Waals surface area contributed by atoms with E-state index in [1.165, 1.54) is 0 Å². The van der Waals surface area contributed by atoms with Crippen LogP contribution in [-0.2, 0) is 5.41 Å². The molecule has 0 aliphatic rings. The second-order valence-corrected chi connectivity index (χ2v) is 5.44. The summed E-state index contributed by atoms with van der Waals surface area (Å²) in [6, 6.07) is 7.72. The topological polar surface area (TPSA) is 29.1 Å². The van der Waals surface area contributed by atoms with Crippen LogP contribution in [0.2, 0.25) is 0 Å². The summed E-state index contributed by atoms with van der Waals surface area (Å²) in [4.78, 5) is 12.1. The van der Waals surface area contributed by atoms with Crippen LogP contribution in [0, 0.1) is 0 Å². The Morgan fingerprint density at radius 3 is 2.56 bits per heavy atom. The average molecular weight is 266 g/mol. The van der Waals surface area contributed by atoms with E-state index in [-0.39, 0.29) is 11.3 Å². The van der Waals surface area contributed by atoms with Crippen LogP contribution in [0.15, 0.2) is 36.4 Å². The molecule has 2 nitrogen and oxygen atoms in total. The number of halogens is 1. The summed E-state index contributed by atoms with van der Waals surface area (Å²) < 4.78 is 0. The van der Waals surface area contributed by atoms with Crippen LogP contribution in [0.4, 0.5) is 0 Å². The van der Waals surface area contributed by atoms with E-state index in [9.17, 15) is 4.79 Å². The summed E-state index contributed by atoms with van der Waals surface area (Å²) >= 11 is 5.52. The SMILES string of the molecule is CC(C)(C)c1ccccc1C(=O)NC/C=C/CCl. The molecule has 3 heteroatoms. The summed E-state index contributed by atoms with van der Waals surface area (Å²) in [6.07, 6.45) is 3.67. The van der Waals surface area contributed by atoms with Gasteiger partial charge in [-0.3, -0.25) is 4.79 Å². The Hall–Kier alpha value is -1.28. The van der Waals surface area contributed by atoms with Gasteiger partial charge in [-0.2, -0.15) is 0 Å². The predicted molar refractivity (Wildman–Crippen MR) is 77.3 cm³/mol. The van der Waals surface area contributed by atoms with Crippen molar-refractivity contribution in [1.29, 1.82) is 0 Å². The zero-order chi connectivity index (χ0) is 13.6. The molecule has 0 spiro atoms. The molecule has 1 rings (SSSR count). The van der Waals surface area contributed by atoms with Crippen molar-refractivity contribution in [2.75, 3.05) is 12.4 Å². The molecular formula is C15H20ClNO. The van der Waals surface area contributed by atoms with Gasteiger partial charge in [0.1, 0.15) is 0 Å². The Balaban J connectivity index is 2.83. The number of amides is 1. The monoisotopic (exact) mass is 265 g/mol. The molecule has 0 radical (unpaired) electrons. The standard InChI is InChI=1S/C15H20ClNO/c1-15(2,3)13-9-5-4-8-12(13)14(18)17-11-7-6-10-16/h4-9H,10-11H2,1-3H3,(H,17,18)/b7-6+. The lowest BCUT2D eigenvalue weighted by atomic mass is 9.83. The molecular weight excluding hydrogens is 246 g/mol. The van der Waals surface area contributed by atoms with Crippen LogP contribution >= 0.6 is 11.6 Å². The Kier molecular flexibility index (Phi) is 5.42. The van der Waals surface area contributed by atoms with E-state index in [2.05, 4.69) is 26.1 Å². The van der Waals surface area contributed by atoms with E-state index < -0.39 is 0 Å². The van der Waals surface area contributed by atoms with E-state index in [4.69, 9.17) is 11.6 Å². The van der Waals surface area contributed by atoms with E-state index in [1.807, 2.05) is 36.4 Å². The zero-order valence-corrected chi connectivity index (χ0v) is 11.9. The van der Waals surface area contributed by atoms with E-state index in [0.29, 0.717) is 12.4 Å². The highest BCUT2D eigenvalue weighted by atomic mass is 35.5. The van der Waals surface area contributed by atoms with Crippen molar-refractivity contribution in [2.45, 2.75) is 26.2 Å². The molecule has 0 aliphatic carbocycles. The number of rotatable bonds is 4. The molecule has 1 aromatic carbocycles. The molecule has 0 fully saturated rings. The van der Waals surface area contributed by atoms with Crippen molar-refractivity contribution in [3.8, 4) is 0 Å². The van der Waals surface area contributed by atoms with Crippen LogP contribution in [-0.4, -0.2) is 18.3 Å². The molecule has 0 bridgehead atoms. The third-order valence-electron chi connectivity index (χ3n) is 2.62. The molecule has 0 heterocycles. The number of hydrogen-bond donors (Lipinski definition) is 1. The molecule has 0 atom stereocenters. The van der Waals surface area contributed by atoms with Gasteiger partial charge in [-0.1, -0.05) is 51.1 Å². The number of alkyl halides is 1. The fraction of sp³-hybridized carbons (Fsp3) is 0.400. The average Bonchev–Trinajstić information content (AvgIpc) is 2.33. The van der Waals surface area contributed by atoms with Gasteiger partial charge in [0.15, 0.2) is 0 Å². The Labute approximate surface area is 114 Å². The number of benzene rings is 1. The van der Waals surface area contributed by atoms with E-state index in [1.54, 1.807) is 0 Å². The first-order chi connectivity index (χ1) is 8.46. The van der Waals surface area contributed by atoms with Crippen LogP contribution in [0.3, 0.4) is 0 Å². The highest BCUT2D eigenvalue weighted by molar-refractivity contribution is 6.18. The minimum atomic E-state index is -0.0419. The first kappa shape index (κ1) is 14.8. The smallest absolute Gasteiger partial charge is 0.251 e. The normalized spacial score (nSPS) is 11.8. The molecule has 98 valence electrons. The minimum absolute atomic E-state index is 0.0418. The van der Waals surface area contributed by atoms with Gasteiger partial charge >= 0.3 is 0 Å². The van der Waals surface area contributed by atoms with Crippen molar-refractivity contribution in [2.24, 2.45) is 0 Å². The number of hydrogen-bond acceptors (Lipinski definition) is 1. The van der Waals surface area contributed by atoms with Crippen LogP contribution in [0.5, 0.6) is 0 Å². The summed E-state index contributed by atoms with van der Waals surface area (Å²) in [5, 5.41) is 2.86. The molecule has 0 aliphatic heterocycles. The Morgan fingerprint density at radius 1 is 1.28 bits per heavy atom. The molecule has 0 saturated carbocycles. The van der Waals surface area contributed by atoms with E-state index in [0.717, 1.165) is 11.1 Å². The quantitative estimate of drug-likeness (QED) is 0.655. The van der Waals surface area contributed by atoms with Crippen LogP contribution in [0.1, 0.15) is 36.7 Å². The first-order valence-electron chi connectivity index (χ1n) is 6.05. The van der Waals surface area contributed by atoms with Gasteiger partial charge in [0.2, 0.25) is 0 Å². The third-order valence-corrected chi connectivity index (χ3v) is 2.79. The largest absolute Gasteiger partial charge is 0.349 e. The molecule has 1 amide bonds. The molecule has 0 aromatic heterocycles. The second-order valence-electron chi connectivity index (χ2n) is 5.13. The third kappa shape index (κ3) is 4.19. The van der Waals surface area contributed by atoms with E-state index >= 15 is 0 Å². The van der Waals surface area contributed by atoms with Gasteiger partial charge in [-0.15, -0.1) is 11.6 Å². The first-order valence-corrected chi connectivity index (χ1v) is 6.59. The molecule has 18 heavy (non-hydrogen) atoms. The van der Waals surface area contributed by atoms with Gasteiger partial charge in [0.05, 0.1) is 0 Å². The van der Waals surface area contributed by atoms with Gasteiger partial charge in [-0.25, -0.2) is 0 Å². The van der Waals surface area contributed by atoms with Gasteiger partial charge in [-0.05, 0) is 17.0 Å². The molecule has 1 aromatic rings. The number of allylic oxidation sites excluding steroid dienone is 1.